The summed E-state index contributed by atoms with van der Waals surface area (Å²) >= 11 is 0. The number of aromatic nitrogens is 2. The molecule has 0 radical (unpaired) electrons. The Hall–Kier alpha value is -3.09. The van der Waals surface area contributed by atoms with E-state index in [1.165, 1.54) is 18.9 Å². The van der Waals surface area contributed by atoms with E-state index in [9.17, 15) is 9.18 Å². The van der Waals surface area contributed by atoms with Crippen molar-refractivity contribution < 1.29 is 18.7 Å². The first-order chi connectivity index (χ1) is 17.6. The molecular weight excluding hydrogens is 457 g/mol. The molecule has 3 aromatic rings. The number of hydrogen-bond donors (Lipinski definition) is 1. The fraction of sp³-hybridized carbons (Fsp3) is 0.517. The molecule has 2 fully saturated rings. The monoisotopic (exact) mass is 493 g/mol. The zero-order valence-corrected chi connectivity index (χ0v) is 21.0. The van der Waals surface area contributed by atoms with Gasteiger partial charge >= 0.3 is 0 Å². The molecule has 2 aromatic carbocycles. The molecule has 2 saturated carbocycles. The van der Waals surface area contributed by atoms with Gasteiger partial charge in [0.25, 0.3) is 0 Å². The van der Waals surface area contributed by atoms with Crippen LogP contribution in [0.3, 0.4) is 0 Å². The van der Waals surface area contributed by atoms with E-state index in [-0.39, 0.29) is 35.8 Å². The van der Waals surface area contributed by atoms with Gasteiger partial charge in [0.1, 0.15) is 35.5 Å². The number of para-hydroxylation sites is 1. The smallest absolute Gasteiger partial charge is 0.243 e. The summed E-state index contributed by atoms with van der Waals surface area (Å²) in [6, 6.07) is 12.1. The van der Waals surface area contributed by atoms with Crippen molar-refractivity contribution >= 4 is 16.9 Å². The second kappa shape index (κ2) is 11.3. The van der Waals surface area contributed by atoms with Crippen molar-refractivity contribution in [3.8, 4) is 11.5 Å². The van der Waals surface area contributed by atoms with Crippen molar-refractivity contribution in [1.29, 1.82) is 0 Å². The van der Waals surface area contributed by atoms with Crippen molar-refractivity contribution in [2.24, 2.45) is 5.92 Å². The fourth-order valence-corrected chi connectivity index (χ4v) is 5.89. The van der Waals surface area contributed by atoms with Crippen molar-refractivity contribution in [1.82, 2.24) is 14.9 Å². The number of nitrogens with one attached hydrogen (secondary N) is 1. The number of ether oxygens (including phenoxy) is 2. The highest BCUT2D eigenvalue weighted by atomic mass is 19.1. The van der Waals surface area contributed by atoms with Gasteiger partial charge in [-0.2, -0.15) is 0 Å². The van der Waals surface area contributed by atoms with Gasteiger partial charge < -0.3 is 19.4 Å². The van der Waals surface area contributed by atoms with E-state index in [1.807, 2.05) is 34.9 Å². The molecule has 1 amide bonds. The lowest BCUT2D eigenvalue weighted by molar-refractivity contribution is -0.127. The maximum absolute atomic E-state index is 14.9. The van der Waals surface area contributed by atoms with Crippen LogP contribution >= 0.6 is 0 Å². The van der Waals surface area contributed by atoms with Crippen LogP contribution < -0.4 is 14.8 Å². The highest BCUT2D eigenvalue weighted by molar-refractivity contribution is 5.85. The first-order valence-electron chi connectivity index (χ1n) is 13.4. The number of hydrogen-bond acceptors (Lipinski definition) is 4. The van der Waals surface area contributed by atoms with E-state index < -0.39 is 6.04 Å². The lowest BCUT2D eigenvalue weighted by atomic mass is 9.83. The molecule has 7 heteroatoms. The summed E-state index contributed by atoms with van der Waals surface area (Å²) < 4.78 is 28.2. The summed E-state index contributed by atoms with van der Waals surface area (Å²) in [5.41, 5.74) is 0.940. The topological polar surface area (TPSA) is 65.4 Å². The number of nitrogens with zero attached hydrogens (tertiary/aromatic N) is 2. The van der Waals surface area contributed by atoms with E-state index in [1.54, 1.807) is 13.2 Å². The maximum atomic E-state index is 14.9. The minimum Gasteiger partial charge on any atom is -0.497 e. The number of amides is 1. The molecule has 6 nitrogen and oxygen atoms in total. The van der Waals surface area contributed by atoms with Gasteiger partial charge in [0.05, 0.1) is 12.6 Å². The van der Waals surface area contributed by atoms with Gasteiger partial charge in [0.2, 0.25) is 5.91 Å². The molecule has 0 saturated heterocycles. The number of halogens is 1. The summed E-state index contributed by atoms with van der Waals surface area (Å²) in [5, 5.41) is 3.36. The summed E-state index contributed by atoms with van der Waals surface area (Å²) in [4.78, 5) is 18.6. The molecule has 1 aromatic heterocycles. The Morgan fingerprint density at radius 1 is 1.00 bits per heavy atom. The number of imidazole rings is 1. The van der Waals surface area contributed by atoms with Gasteiger partial charge in [0.15, 0.2) is 5.82 Å². The number of carbonyl (C=O) groups excluding carboxylic acids is 1. The van der Waals surface area contributed by atoms with Gasteiger partial charge in [0, 0.05) is 6.04 Å². The number of benzene rings is 2. The van der Waals surface area contributed by atoms with Crippen LogP contribution in [0, 0.1) is 11.7 Å². The quantitative estimate of drug-likeness (QED) is 0.398. The van der Waals surface area contributed by atoms with Gasteiger partial charge in [-0.1, -0.05) is 44.6 Å². The maximum Gasteiger partial charge on any atom is 0.243 e. The zero-order valence-electron chi connectivity index (χ0n) is 21.0. The van der Waals surface area contributed by atoms with Crippen molar-refractivity contribution in [3.63, 3.8) is 0 Å². The van der Waals surface area contributed by atoms with E-state index in [4.69, 9.17) is 9.47 Å². The van der Waals surface area contributed by atoms with Crippen molar-refractivity contribution in [2.75, 3.05) is 7.11 Å². The van der Waals surface area contributed by atoms with Crippen LogP contribution in [-0.4, -0.2) is 28.6 Å². The average molecular weight is 494 g/mol. The third-order valence-corrected chi connectivity index (χ3v) is 7.77. The van der Waals surface area contributed by atoms with Gasteiger partial charge in [-0.05, 0) is 68.0 Å². The third-order valence-electron chi connectivity index (χ3n) is 7.77. The molecule has 2 aliphatic carbocycles. The molecule has 192 valence electrons. The number of rotatable bonds is 8. The van der Waals surface area contributed by atoms with Gasteiger partial charge in [-0.15, -0.1) is 0 Å². The standard InChI is InChI=1S/C29H36FN3O3/c1-35-22-15-17-23(18-16-22)36-19-26-32-27-24(30)13-8-14-25(27)33(26)28(20-9-4-2-5-10-20)29(34)31-21-11-6-3-7-12-21/h8,13-18,20-21,28H,2-7,9-12,19H2,1H3,(H,31,34)/t28-/m0/s1. The molecule has 0 bridgehead atoms. The second-order valence-electron chi connectivity index (χ2n) is 10.2. The van der Waals surface area contributed by atoms with Crippen LogP contribution in [0.25, 0.3) is 11.0 Å². The number of methoxy groups -OCH3 is 1. The van der Waals surface area contributed by atoms with Gasteiger partial charge in [-0.25, -0.2) is 9.37 Å². The SMILES string of the molecule is COc1ccc(OCc2nc3c(F)cccc3n2[C@H](C(=O)NC2CCCCC2)C2CCCCC2)cc1. The summed E-state index contributed by atoms with van der Waals surface area (Å²) in [6.07, 6.45) is 11.0. The zero-order chi connectivity index (χ0) is 24.9. The average Bonchev–Trinajstić information content (AvgIpc) is 3.28. The predicted molar refractivity (Wildman–Crippen MR) is 138 cm³/mol. The van der Waals surface area contributed by atoms with Crippen LogP contribution in [0.4, 0.5) is 4.39 Å². The molecular formula is C29H36FN3O3. The molecule has 36 heavy (non-hydrogen) atoms. The minimum atomic E-state index is -0.437. The molecule has 1 N–H and O–H groups in total. The third kappa shape index (κ3) is 5.35. The molecule has 2 aliphatic rings. The van der Waals surface area contributed by atoms with Crippen molar-refractivity contribution in [3.05, 3.63) is 54.1 Å². The van der Waals surface area contributed by atoms with Crippen LogP contribution in [0.5, 0.6) is 11.5 Å². The van der Waals surface area contributed by atoms with E-state index in [2.05, 4.69) is 10.3 Å². The molecule has 0 aliphatic heterocycles. The molecule has 0 unspecified atom stereocenters. The predicted octanol–water partition coefficient (Wildman–Crippen LogP) is 6.33. The second-order valence-corrected chi connectivity index (χ2v) is 10.2. The first kappa shape index (κ1) is 24.6. The first-order valence-corrected chi connectivity index (χ1v) is 13.4. The number of carbonyl (C=O) groups is 1. The largest absolute Gasteiger partial charge is 0.497 e. The van der Waals surface area contributed by atoms with Crippen LogP contribution in [0.2, 0.25) is 0 Å². The highest BCUT2D eigenvalue weighted by Gasteiger charge is 2.35. The Bertz CT molecular complexity index is 1160. The van der Waals surface area contributed by atoms with Crippen LogP contribution in [0.15, 0.2) is 42.5 Å². The molecule has 1 atom stereocenters. The summed E-state index contributed by atoms with van der Waals surface area (Å²) in [7, 11) is 1.62. The lowest BCUT2D eigenvalue weighted by Gasteiger charge is -2.33. The van der Waals surface area contributed by atoms with Crippen molar-refractivity contribution in [2.45, 2.75) is 82.9 Å². The Balaban J connectivity index is 1.50. The number of fused-ring (bicyclic) bond motifs is 1. The highest BCUT2D eigenvalue weighted by Crippen LogP contribution is 2.37. The van der Waals surface area contributed by atoms with E-state index in [0.717, 1.165) is 57.1 Å². The lowest BCUT2D eigenvalue weighted by Crippen LogP contribution is -2.43. The Morgan fingerprint density at radius 3 is 2.36 bits per heavy atom. The molecule has 0 spiro atoms. The molecule has 1 heterocycles. The fourth-order valence-electron chi connectivity index (χ4n) is 5.89. The van der Waals surface area contributed by atoms with E-state index in [0.29, 0.717) is 17.1 Å². The Morgan fingerprint density at radius 2 is 1.67 bits per heavy atom. The Kier molecular flexibility index (Phi) is 7.73. The minimum absolute atomic E-state index is 0.0306. The summed E-state index contributed by atoms with van der Waals surface area (Å²) in [5.74, 6) is 1.81. The summed E-state index contributed by atoms with van der Waals surface area (Å²) in [6.45, 7) is 0.139. The normalized spacial score (nSPS) is 18.2. The van der Waals surface area contributed by atoms with Crippen LogP contribution in [0.1, 0.15) is 76.1 Å². The van der Waals surface area contributed by atoms with Crippen LogP contribution in [-0.2, 0) is 11.4 Å². The van der Waals surface area contributed by atoms with Gasteiger partial charge in [-0.3, -0.25) is 4.79 Å². The van der Waals surface area contributed by atoms with E-state index >= 15 is 0 Å². The molecule has 5 rings (SSSR count). The Labute approximate surface area is 212 Å².